The van der Waals surface area contributed by atoms with E-state index in [0.29, 0.717) is 0 Å². The second-order valence-electron chi connectivity index (χ2n) is 10.1. The second-order valence-corrected chi connectivity index (χ2v) is 53.8. The van der Waals surface area contributed by atoms with Crippen LogP contribution in [0.5, 0.6) is 0 Å². The van der Waals surface area contributed by atoms with Gasteiger partial charge in [0.15, 0.2) is 0 Å². The fourth-order valence-electron chi connectivity index (χ4n) is 2.28. The zero-order valence-corrected chi connectivity index (χ0v) is 24.9. The molecule has 120 valence electrons. The third-order valence-electron chi connectivity index (χ3n) is 3.06. The molecule has 0 fully saturated rings. The van der Waals surface area contributed by atoms with Gasteiger partial charge < -0.3 is 0 Å². The molecule has 0 rings (SSSR count). The molecule has 21 heavy (non-hydrogen) atoms. The summed E-state index contributed by atoms with van der Waals surface area (Å²) in [6.45, 7) is 0. The van der Waals surface area contributed by atoms with Crippen LogP contribution in [0.3, 0.4) is 0 Å². The van der Waals surface area contributed by atoms with Gasteiger partial charge in [0.25, 0.3) is 0 Å². The second kappa shape index (κ2) is 7.43. The molecule has 0 bridgehead atoms. The molecule has 0 aromatic heterocycles. The van der Waals surface area contributed by atoms with Crippen molar-refractivity contribution in [3.8, 4) is 10.7 Å². The van der Waals surface area contributed by atoms with Gasteiger partial charge in [-0.2, -0.15) is 0 Å². The topological polar surface area (TPSA) is 0 Å². The van der Waals surface area contributed by atoms with Gasteiger partial charge in [-0.15, -0.1) is 0 Å². The molecule has 0 heterocycles. The van der Waals surface area contributed by atoms with Gasteiger partial charge in [-0.05, 0) is 0 Å². The van der Waals surface area contributed by atoms with Crippen LogP contribution in [-0.2, 0) is 0 Å². The van der Waals surface area contributed by atoms with Crippen molar-refractivity contribution in [2.24, 2.45) is 0 Å². The average molecular weight is 531 g/mol. The first-order valence-electron chi connectivity index (χ1n) is 8.00. The van der Waals surface area contributed by atoms with Crippen molar-refractivity contribution < 1.29 is 0 Å². The molecule has 0 aromatic carbocycles. The Morgan fingerprint density at radius 2 is 0.952 bits per heavy atom. The van der Waals surface area contributed by atoms with Crippen molar-refractivity contribution in [2.45, 2.75) is 69.1 Å². The molecule has 0 N–H and O–H groups in total. The van der Waals surface area contributed by atoms with E-state index in [1.54, 1.807) is 3.24 Å². The Kier molecular flexibility index (Phi) is 7.87. The van der Waals surface area contributed by atoms with Crippen molar-refractivity contribution >= 4 is 53.1 Å². The zero-order chi connectivity index (χ0) is 17.3. The van der Waals surface area contributed by atoms with Crippen molar-refractivity contribution in [1.82, 2.24) is 0 Å². The summed E-state index contributed by atoms with van der Waals surface area (Å²) in [6, 6.07) is 0. The quantitative estimate of drug-likeness (QED) is 0.240. The van der Waals surface area contributed by atoms with Crippen LogP contribution in [0.4, 0.5) is 0 Å². The summed E-state index contributed by atoms with van der Waals surface area (Å²) in [5.74, 6) is 33.4. The number of allylic oxidation sites excluding steroid dienone is 1. The summed E-state index contributed by atoms with van der Waals surface area (Å²) >= 11 is -7.38. The van der Waals surface area contributed by atoms with Crippen molar-refractivity contribution in [2.75, 3.05) is 0 Å². The predicted octanol–water partition coefficient (Wildman–Crippen LogP) is 5.95. The molecule has 0 nitrogen and oxygen atoms in total. The molecule has 0 aliphatic carbocycles. The molecule has 0 atom stereocenters. The molecule has 0 saturated heterocycles. The Hall–Kier alpha value is 1.25. The van der Waals surface area contributed by atoms with E-state index in [0.717, 1.165) is 0 Å². The Morgan fingerprint density at radius 1 is 0.571 bits per heavy atom. The maximum absolute atomic E-state index is 3.99. The molecular weight excluding hydrogens is 495 g/mol. The van der Waals surface area contributed by atoms with E-state index >= 15 is 0 Å². The van der Waals surface area contributed by atoms with Gasteiger partial charge in [-0.1, -0.05) is 0 Å². The first-order valence-corrected chi connectivity index (χ1v) is 37.4. The van der Waals surface area contributed by atoms with E-state index in [4.69, 9.17) is 0 Å². The Labute approximate surface area is 145 Å². The first-order chi connectivity index (χ1) is 8.94. The third kappa shape index (κ3) is 9.20. The number of rotatable bonds is 3. The molecule has 0 spiro atoms. The summed E-state index contributed by atoms with van der Waals surface area (Å²) in [6.07, 6.45) is 0. The van der Waals surface area contributed by atoms with E-state index in [2.05, 4.69) is 85.5 Å². The van der Waals surface area contributed by atoms with Gasteiger partial charge in [-0.3, -0.25) is 0 Å². The van der Waals surface area contributed by atoms with Gasteiger partial charge in [0.2, 0.25) is 0 Å². The molecule has 0 aliphatic rings. The van der Waals surface area contributed by atoms with Crippen LogP contribution in [0, 0.1) is 10.7 Å². The van der Waals surface area contributed by atoms with E-state index in [9.17, 15) is 0 Å². The maximum atomic E-state index is 3.99. The van der Waals surface area contributed by atoms with Gasteiger partial charge >= 0.3 is 146 Å². The molecule has 4 heteroatoms. The number of hydrogen-bond donors (Lipinski definition) is 0. The van der Waals surface area contributed by atoms with Crippen LogP contribution in [0.1, 0.15) is 0 Å². The normalized spacial score (nSPS) is 13.1. The van der Waals surface area contributed by atoms with Gasteiger partial charge in [0.05, 0.1) is 0 Å². The first kappa shape index (κ1) is 22.3. The van der Waals surface area contributed by atoms with Crippen LogP contribution >= 0.6 is 0 Å². The van der Waals surface area contributed by atoms with E-state index in [1.165, 1.54) is 4.41 Å². The van der Waals surface area contributed by atoms with Crippen molar-refractivity contribution in [3.63, 3.8) is 0 Å². The summed E-state index contributed by atoms with van der Waals surface area (Å²) in [7, 11) is 0. The predicted molar refractivity (Wildman–Crippen MR) is 112 cm³/mol. The summed E-state index contributed by atoms with van der Waals surface area (Å²) < 4.78 is 6.87. The van der Waals surface area contributed by atoms with Crippen LogP contribution < -0.4 is 0 Å². The molecule has 0 unspecified atom stereocenters. The van der Waals surface area contributed by atoms with Gasteiger partial charge in [0.1, 0.15) is 0 Å². The molecule has 0 radical (unpaired) electrons. The SMILES string of the molecule is [CH3][Ge]([CH3])([CH3])[C]#C[C](=C=[C]([Ge]([CH3])([CH3])[CH3])[Ge]([CH3])([CH3])[CH3])[Ge]([CH3])([CH3])[CH3]. The van der Waals surface area contributed by atoms with Crippen LogP contribution in [0.25, 0.3) is 0 Å². The number of hydrogen-bond acceptors (Lipinski definition) is 0. The minimum absolute atomic E-state index is 1.44. The average Bonchev–Trinajstić information content (AvgIpc) is 2.08. The fraction of sp³-hybridized carbons (Fsp3) is 0.706. The Balaban J connectivity index is 6.47. The molecule has 0 aliphatic heterocycles. The molecule has 0 aromatic rings. The van der Waals surface area contributed by atoms with Gasteiger partial charge in [0, 0.05) is 0 Å². The molecular formula is C17H36Ge4. The summed E-state index contributed by atoms with van der Waals surface area (Å²) in [5, 5.41) is 0. The van der Waals surface area contributed by atoms with Crippen LogP contribution in [-0.4, -0.2) is 53.1 Å². The van der Waals surface area contributed by atoms with Crippen LogP contribution in [0.2, 0.25) is 69.1 Å². The zero-order valence-electron chi connectivity index (χ0n) is 16.5. The molecule has 0 saturated carbocycles. The van der Waals surface area contributed by atoms with Gasteiger partial charge in [-0.25, -0.2) is 0 Å². The van der Waals surface area contributed by atoms with Crippen LogP contribution in [0.15, 0.2) is 13.4 Å². The third-order valence-corrected chi connectivity index (χ3v) is 31.7. The van der Waals surface area contributed by atoms with Crippen molar-refractivity contribution in [3.05, 3.63) is 13.4 Å². The Morgan fingerprint density at radius 3 is 1.19 bits per heavy atom. The summed E-state index contributed by atoms with van der Waals surface area (Å²) in [4.78, 5) is 0. The summed E-state index contributed by atoms with van der Waals surface area (Å²) in [5.41, 5.74) is 3.99. The van der Waals surface area contributed by atoms with E-state index in [-0.39, 0.29) is 0 Å². The monoisotopic (exact) mass is 536 g/mol. The molecule has 0 amide bonds. The van der Waals surface area contributed by atoms with Crippen molar-refractivity contribution in [1.29, 1.82) is 0 Å². The van der Waals surface area contributed by atoms with E-state index in [1.807, 2.05) is 0 Å². The fourth-order valence-corrected chi connectivity index (χ4v) is 38.3. The minimum atomic E-state index is -1.93. The Bertz CT molecular complexity index is 481. The standard InChI is InChI=1S/C17H36Ge4/c1-18(2,3)14-13-16(19(4,5)6)15-17(20(7,8)9)21(10,11)12/h1-12H3. The van der Waals surface area contributed by atoms with E-state index < -0.39 is 53.1 Å².